The fraction of sp³-hybridized carbons (Fsp3) is 0.474. The lowest BCUT2D eigenvalue weighted by Crippen LogP contribution is -2.22. The predicted molar refractivity (Wildman–Crippen MR) is 106 cm³/mol. The third-order valence-corrected chi connectivity index (χ3v) is 6.90. The third kappa shape index (κ3) is 4.24. The van der Waals surface area contributed by atoms with Gasteiger partial charge in [0.25, 0.3) is 0 Å². The number of ether oxygens (including phenoxy) is 1. The van der Waals surface area contributed by atoms with E-state index >= 15 is 0 Å². The van der Waals surface area contributed by atoms with Gasteiger partial charge in [0.15, 0.2) is 10.9 Å². The first-order valence-electron chi connectivity index (χ1n) is 8.73. The lowest BCUT2D eigenvalue weighted by Gasteiger charge is -2.15. The van der Waals surface area contributed by atoms with E-state index in [-0.39, 0.29) is 5.78 Å². The molecule has 0 bridgehead atoms. The number of hydrogen-bond acceptors (Lipinski definition) is 4. The van der Waals surface area contributed by atoms with E-state index in [1.165, 1.54) is 0 Å². The van der Waals surface area contributed by atoms with E-state index < -0.39 is 8.07 Å². The summed E-state index contributed by atoms with van der Waals surface area (Å²) in [4.78, 5) is 16.8. The molecule has 0 atom stereocenters. The van der Waals surface area contributed by atoms with Crippen molar-refractivity contribution >= 4 is 25.6 Å². The molecular formula is C19H26N2O2SSi. The highest BCUT2D eigenvalue weighted by molar-refractivity contribution is 7.98. The van der Waals surface area contributed by atoms with E-state index in [0.29, 0.717) is 13.2 Å². The van der Waals surface area contributed by atoms with Crippen LogP contribution in [0.2, 0.25) is 25.7 Å². The van der Waals surface area contributed by atoms with Crippen LogP contribution in [0.4, 0.5) is 0 Å². The highest BCUT2D eigenvalue weighted by Gasteiger charge is 2.23. The van der Waals surface area contributed by atoms with Crippen LogP contribution in [-0.2, 0) is 17.9 Å². The molecule has 1 heterocycles. The summed E-state index contributed by atoms with van der Waals surface area (Å²) >= 11 is 1.62. The second kappa shape index (κ2) is 7.48. The standard InChI is InChI=1S/C19H26N2O2SSi/c1-24-19-20-17(12-21(19)13-23-10-11-25(2,3)4)15-6-5-7-16-14(15)8-9-18(16)22/h5-7,12H,8-11,13H2,1-4H3. The van der Waals surface area contributed by atoms with Gasteiger partial charge >= 0.3 is 0 Å². The second-order valence-corrected chi connectivity index (χ2v) is 14.1. The largest absolute Gasteiger partial charge is 0.361 e. The third-order valence-electron chi connectivity index (χ3n) is 4.50. The Morgan fingerprint density at radius 2 is 2.00 bits per heavy atom. The number of ketones is 1. The quantitative estimate of drug-likeness (QED) is 0.400. The monoisotopic (exact) mass is 374 g/mol. The molecule has 1 aliphatic rings. The summed E-state index contributed by atoms with van der Waals surface area (Å²) in [5.41, 5.74) is 4.03. The zero-order chi connectivity index (χ0) is 18.0. The molecule has 0 spiro atoms. The van der Waals surface area contributed by atoms with E-state index in [0.717, 1.165) is 46.6 Å². The van der Waals surface area contributed by atoms with Crippen LogP contribution >= 0.6 is 11.8 Å². The van der Waals surface area contributed by atoms with Gasteiger partial charge in [-0.05, 0) is 24.3 Å². The molecule has 1 aromatic heterocycles. The van der Waals surface area contributed by atoms with Crippen molar-refractivity contribution in [3.8, 4) is 11.3 Å². The van der Waals surface area contributed by atoms with Crippen LogP contribution in [0.1, 0.15) is 22.3 Å². The van der Waals surface area contributed by atoms with E-state index in [9.17, 15) is 4.79 Å². The predicted octanol–water partition coefficient (Wildman–Crippen LogP) is 4.71. The summed E-state index contributed by atoms with van der Waals surface area (Å²) in [6.45, 7) is 8.40. The highest BCUT2D eigenvalue weighted by Crippen LogP contribution is 2.33. The van der Waals surface area contributed by atoms with Crippen LogP contribution in [0.5, 0.6) is 0 Å². The van der Waals surface area contributed by atoms with Gasteiger partial charge in [0.2, 0.25) is 0 Å². The Morgan fingerprint density at radius 3 is 2.72 bits per heavy atom. The van der Waals surface area contributed by atoms with Crippen molar-refractivity contribution in [2.45, 2.75) is 50.4 Å². The Hall–Kier alpha value is -1.37. The number of nitrogens with zero attached hydrogens (tertiary/aromatic N) is 2. The lowest BCUT2D eigenvalue weighted by atomic mass is 10.0. The number of fused-ring (bicyclic) bond motifs is 1. The summed E-state index contributed by atoms with van der Waals surface area (Å²) in [7, 11) is -1.07. The van der Waals surface area contributed by atoms with Crippen molar-refractivity contribution < 1.29 is 9.53 Å². The number of Topliss-reactive ketones (excluding diaryl/α,β-unsaturated/α-hetero) is 1. The van der Waals surface area contributed by atoms with Gasteiger partial charge in [0.1, 0.15) is 6.73 Å². The maximum absolute atomic E-state index is 12.0. The minimum Gasteiger partial charge on any atom is -0.361 e. The van der Waals surface area contributed by atoms with Crippen molar-refractivity contribution in [1.82, 2.24) is 9.55 Å². The highest BCUT2D eigenvalue weighted by atomic mass is 32.2. The average Bonchev–Trinajstić information content (AvgIpc) is 3.14. The zero-order valence-electron chi connectivity index (χ0n) is 15.5. The molecule has 134 valence electrons. The van der Waals surface area contributed by atoms with Crippen molar-refractivity contribution in [3.63, 3.8) is 0 Å². The first kappa shape index (κ1) is 18.4. The first-order chi connectivity index (χ1) is 11.9. The van der Waals surface area contributed by atoms with Crippen LogP contribution in [-0.4, -0.2) is 36.3 Å². The Morgan fingerprint density at radius 1 is 1.24 bits per heavy atom. The molecule has 1 aromatic carbocycles. The maximum atomic E-state index is 12.0. The first-order valence-corrected chi connectivity index (χ1v) is 13.7. The Balaban J connectivity index is 1.79. The van der Waals surface area contributed by atoms with Gasteiger partial charge in [-0.3, -0.25) is 4.79 Å². The fourth-order valence-electron chi connectivity index (χ4n) is 3.06. The van der Waals surface area contributed by atoms with E-state index in [4.69, 9.17) is 9.72 Å². The summed E-state index contributed by atoms with van der Waals surface area (Å²) in [5.74, 6) is 0.246. The van der Waals surface area contributed by atoms with Gasteiger partial charge in [0, 0.05) is 38.4 Å². The molecule has 1 aliphatic carbocycles. The molecule has 0 fully saturated rings. The van der Waals surface area contributed by atoms with Crippen molar-refractivity contribution in [3.05, 3.63) is 35.5 Å². The van der Waals surface area contributed by atoms with E-state index in [2.05, 4.69) is 36.5 Å². The molecule has 0 unspecified atom stereocenters. The molecule has 3 rings (SSSR count). The van der Waals surface area contributed by atoms with E-state index in [1.807, 2.05) is 18.4 Å². The van der Waals surface area contributed by atoms with Crippen LogP contribution in [0.15, 0.2) is 29.6 Å². The average molecular weight is 375 g/mol. The van der Waals surface area contributed by atoms with Crippen LogP contribution in [0.3, 0.4) is 0 Å². The number of benzene rings is 1. The molecule has 0 aliphatic heterocycles. The topological polar surface area (TPSA) is 44.1 Å². The smallest absolute Gasteiger partial charge is 0.170 e. The van der Waals surface area contributed by atoms with Gasteiger partial charge in [-0.1, -0.05) is 49.6 Å². The number of rotatable bonds is 7. The number of hydrogen-bond donors (Lipinski definition) is 0. The molecule has 0 amide bonds. The molecule has 0 N–H and O–H groups in total. The van der Waals surface area contributed by atoms with Crippen LogP contribution in [0.25, 0.3) is 11.3 Å². The maximum Gasteiger partial charge on any atom is 0.170 e. The summed E-state index contributed by atoms with van der Waals surface area (Å²) < 4.78 is 7.96. The molecule has 2 aromatic rings. The molecule has 0 saturated heterocycles. The van der Waals surface area contributed by atoms with Crippen molar-refractivity contribution in [1.29, 1.82) is 0 Å². The van der Waals surface area contributed by atoms with E-state index in [1.54, 1.807) is 11.8 Å². The minimum absolute atomic E-state index is 0.246. The Kier molecular flexibility index (Phi) is 5.51. The normalized spacial score (nSPS) is 14.2. The number of carbonyl (C=O) groups excluding carboxylic acids is 1. The summed E-state index contributed by atoms with van der Waals surface area (Å²) in [5, 5.41) is 0.949. The Bertz CT molecular complexity index is 780. The van der Waals surface area contributed by atoms with Crippen molar-refractivity contribution in [2.75, 3.05) is 12.9 Å². The van der Waals surface area contributed by atoms with Crippen LogP contribution in [0, 0.1) is 0 Å². The number of thioether (sulfide) groups is 1. The number of carbonyl (C=O) groups is 1. The van der Waals surface area contributed by atoms with Crippen molar-refractivity contribution in [2.24, 2.45) is 0 Å². The fourth-order valence-corrected chi connectivity index (χ4v) is 4.34. The van der Waals surface area contributed by atoms with Gasteiger partial charge in [0.05, 0.1) is 5.69 Å². The molecular weight excluding hydrogens is 348 g/mol. The molecule has 0 saturated carbocycles. The second-order valence-electron chi connectivity index (χ2n) is 7.69. The number of imidazole rings is 1. The van der Waals surface area contributed by atoms with Gasteiger partial charge < -0.3 is 9.30 Å². The summed E-state index contributed by atoms with van der Waals surface area (Å²) in [6.07, 6.45) is 5.52. The number of aromatic nitrogens is 2. The SMILES string of the molecule is CSc1nc(-c2cccc3c2CCC3=O)cn1COCC[Si](C)(C)C. The Labute approximate surface area is 155 Å². The molecule has 0 radical (unpaired) electrons. The molecule has 25 heavy (non-hydrogen) atoms. The lowest BCUT2D eigenvalue weighted by molar-refractivity contribution is 0.0814. The summed E-state index contributed by atoms with van der Waals surface area (Å²) in [6, 6.07) is 7.12. The van der Waals surface area contributed by atoms with Crippen LogP contribution < -0.4 is 0 Å². The van der Waals surface area contributed by atoms with Gasteiger partial charge in [-0.25, -0.2) is 4.98 Å². The minimum atomic E-state index is -1.07. The van der Waals surface area contributed by atoms with Gasteiger partial charge in [-0.15, -0.1) is 0 Å². The molecule has 6 heteroatoms. The van der Waals surface area contributed by atoms with Gasteiger partial charge in [-0.2, -0.15) is 0 Å². The molecule has 4 nitrogen and oxygen atoms in total. The zero-order valence-corrected chi connectivity index (χ0v) is 17.3.